The lowest BCUT2D eigenvalue weighted by molar-refractivity contribution is -0.133. The van der Waals surface area contributed by atoms with Crippen LogP contribution in [0.2, 0.25) is 0 Å². The van der Waals surface area contributed by atoms with Crippen LogP contribution in [0, 0.1) is 11.8 Å². The van der Waals surface area contributed by atoms with Gasteiger partial charge in [0.15, 0.2) is 0 Å². The fourth-order valence-corrected chi connectivity index (χ4v) is 3.17. The lowest BCUT2D eigenvalue weighted by Crippen LogP contribution is -2.42. The summed E-state index contributed by atoms with van der Waals surface area (Å²) in [5, 5.41) is 0. The zero-order valence-electron chi connectivity index (χ0n) is 12.8. The third-order valence-electron chi connectivity index (χ3n) is 4.62. The number of amides is 2. The van der Waals surface area contributed by atoms with E-state index in [0.717, 1.165) is 38.8 Å². The SMILES string of the molecule is CCC1COC(=O)N1C(=O)C(C)CC1CCN(C)CC1. The smallest absolute Gasteiger partial charge is 0.416 e. The van der Waals surface area contributed by atoms with Gasteiger partial charge in [-0.2, -0.15) is 0 Å². The Balaban J connectivity index is 1.89. The van der Waals surface area contributed by atoms with Crippen LogP contribution in [0.1, 0.15) is 39.5 Å². The number of piperidine rings is 1. The quantitative estimate of drug-likeness (QED) is 0.792. The van der Waals surface area contributed by atoms with Gasteiger partial charge in [0.1, 0.15) is 6.61 Å². The van der Waals surface area contributed by atoms with Crippen LogP contribution in [0.15, 0.2) is 0 Å². The molecule has 2 fully saturated rings. The topological polar surface area (TPSA) is 49.9 Å². The number of carbonyl (C=O) groups excluding carboxylic acids is 2. The number of cyclic esters (lactones) is 1. The Morgan fingerprint density at radius 2 is 2.05 bits per heavy atom. The van der Waals surface area contributed by atoms with E-state index in [1.165, 1.54) is 4.90 Å². The summed E-state index contributed by atoms with van der Waals surface area (Å²) in [6.07, 6.45) is 3.48. The van der Waals surface area contributed by atoms with Crippen molar-refractivity contribution in [3.8, 4) is 0 Å². The fraction of sp³-hybridized carbons (Fsp3) is 0.867. The van der Waals surface area contributed by atoms with Gasteiger partial charge in [-0.3, -0.25) is 4.79 Å². The summed E-state index contributed by atoms with van der Waals surface area (Å²) in [7, 11) is 2.14. The van der Waals surface area contributed by atoms with E-state index in [2.05, 4.69) is 11.9 Å². The minimum atomic E-state index is -0.461. The van der Waals surface area contributed by atoms with Gasteiger partial charge < -0.3 is 9.64 Å². The average Bonchev–Trinajstić information content (AvgIpc) is 2.81. The van der Waals surface area contributed by atoms with Gasteiger partial charge in [-0.1, -0.05) is 13.8 Å². The van der Waals surface area contributed by atoms with E-state index in [1.807, 2.05) is 13.8 Å². The Hall–Kier alpha value is -1.10. The highest BCUT2D eigenvalue weighted by molar-refractivity contribution is 5.94. The Labute approximate surface area is 121 Å². The van der Waals surface area contributed by atoms with E-state index >= 15 is 0 Å². The van der Waals surface area contributed by atoms with Crippen LogP contribution < -0.4 is 0 Å². The lowest BCUT2D eigenvalue weighted by Gasteiger charge is -2.31. The third kappa shape index (κ3) is 3.32. The molecule has 2 rings (SSSR count). The maximum Gasteiger partial charge on any atom is 0.416 e. The van der Waals surface area contributed by atoms with Gasteiger partial charge in [-0.05, 0) is 51.7 Å². The molecule has 0 aromatic heterocycles. The largest absolute Gasteiger partial charge is 0.447 e. The molecule has 0 spiro atoms. The molecule has 0 bridgehead atoms. The highest BCUT2D eigenvalue weighted by Crippen LogP contribution is 2.26. The van der Waals surface area contributed by atoms with E-state index in [9.17, 15) is 9.59 Å². The third-order valence-corrected chi connectivity index (χ3v) is 4.62. The maximum absolute atomic E-state index is 12.5. The number of imide groups is 1. The van der Waals surface area contributed by atoms with Gasteiger partial charge in [0.05, 0.1) is 6.04 Å². The molecule has 5 nitrogen and oxygen atoms in total. The first-order valence-corrected chi connectivity index (χ1v) is 7.71. The first-order chi connectivity index (χ1) is 9.52. The molecule has 20 heavy (non-hydrogen) atoms. The number of ether oxygens (including phenoxy) is 1. The Kier molecular flexibility index (Phi) is 5.02. The van der Waals surface area contributed by atoms with Crippen molar-refractivity contribution in [2.24, 2.45) is 11.8 Å². The van der Waals surface area contributed by atoms with E-state index in [4.69, 9.17) is 4.74 Å². The molecule has 5 heteroatoms. The molecule has 2 saturated heterocycles. The zero-order chi connectivity index (χ0) is 14.7. The standard InChI is InChI=1S/C15H26N2O3/c1-4-13-10-20-15(19)17(13)14(18)11(2)9-12-5-7-16(3)8-6-12/h11-13H,4-10H2,1-3H3. The van der Waals surface area contributed by atoms with Crippen molar-refractivity contribution >= 4 is 12.0 Å². The minimum absolute atomic E-state index is 0.0571. The van der Waals surface area contributed by atoms with Crippen LogP contribution in [-0.4, -0.2) is 54.6 Å². The van der Waals surface area contributed by atoms with Crippen LogP contribution in [0.5, 0.6) is 0 Å². The van der Waals surface area contributed by atoms with Gasteiger partial charge in [0, 0.05) is 5.92 Å². The number of rotatable bonds is 4. The predicted molar refractivity (Wildman–Crippen MR) is 76.3 cm³/mol. The number of nitrogens with zero attached hydrogens (tertiary/aromatic N) is 2. The van der Waals surface area contributed by atoms with Crippen molar-refractivity contribution in [2.45, 2.75) is 45.6 Å². The normalized spacial score (nSPS) is 26.6. The van der Waals surface area contributed by atoms with Crippen molar-refractivity contribution in [1.29, 1.82) is 0 Å². The summed E-state index contributed by atoms with van der Waals surface area (Å²) in [6, 6.07) is -0.0741. The molecular formula is C15H26N2O3. The molecule has 2 aliphatic rings. The van der Waals surface area contributed by atoms with Gasteiger partial charge in [-0.25, -0.2) is 9.69 Å². The van der Waals surface area contributed by atoms with Crippen molar-refractivity contribution in [1.82, 2.24) is 9.80 Å². The summed E-state index contributed by atoms with van der Waals surface area (Å²) in [5.41, 5.74) is 0. The second kappa shape index (κ2) is 6.57. The molecule has 2 aliphatic heterocycles. The van der Waals surface area contributed by atoms with Gasteiger partial charge >= 0.3 is 6.09 Å². The van der Waals surface area contributed by atoms with Crippen LogP contribution in [0.25, 0.3) is 0 Å². The first-order valence-electron chi connectivity index (χ1n) is 7.71. The van der Waals surface area contributed by atoms with Gasteiger partial charge in [0.2, 0.25) is 5.91 Å². The molecule has 114 valence electrons. The van der Waals surface area contributed by atoms with Crippen LogP contribution in [-0.2, 0) is 9.53 Å². The maximum atomic E-state index is 12.5. The van der Waals surface area contributed by atoms with Crippen molar-refractivity contribution in [3.63, 3.8) is 0 Å². The van der Waals surface area contributed by atoms with Crippen molar-refractivity contribution in [2.75, 3.05) is 26.7 Å². The van der Waals surface area contributed by atoms with E-state index < -0.39 is 6.09 Å². The van der Waals surface area contributed by atoms with Crippen LogP contribution in [0.4, 0.5) is 4.79 Å². The summed E-state index contributed by atoms with van der Waals surface area (Å²) in [5.74, 6) is 0.449. The van der Waals surface area contributed by atoms with Crippen LogP contribution >= 0.6 is 0 Å². The molecule has 0 radical (unpaired) electrons. The van der Waals surface area contributed by atoms with Crippen LogP contribution in [0.3, 0.4) is 0 Å². The summed E-state index contributed by atoms with van der Waals surface area (Å²) in [6.45, 7) is 6.49. The zero-order valence-corrected chi connectivity index (χ0v) is 12.8. The number of hydrogen-bond acceptors (Lipinski definition) is 4. The van der Waals surface area contributed by atoms with Gasteiger partial charge in [-0.15, -0.1) is 0 Å². The van der Waals surface area contributed by atoms with Gasteiger partial charge in [0.25, 0.3) is 0 Å². The summed E-state index contributed by atoms with van der Waals surface area (Å²) < 4.78 is 5.00. The Morgan fingerprint density at radius 3 is 2.65 bits per heavy atom. The van der Waals surface area contributed by atoms with E-state index in [0.29, 0.717) is 12.5 Å². The average molecular weight is 282 g/mol. The van der Waals surface area contributed by atoms with E-state index in [1.54, 1.807) is 0 Å². The highest BCUT2D eigenvalue weighted by Gasteiger charge is 2.39. The first kappa shape index (κ1) is 15.3. The Morgan fingerprint density at radius 1 is 1.40 bits per heavy atom. The molecule has 2 unspecified atom stereocenters. The minimum Gasteiger partial charge on any atom is -0.447 e. The molecular weight excluding hydrogens is 256 g/mol. The number of likely N-dealkylation sites (tertiary alicyclic amines) is 1. The second-order valence-corrected chi connectivity index (χ2v) is 6.23. The molecule has 0 aromatic rings. The van der Waals surface area contributed by atoms with Crippen molar-refractivity contribution in [3.05, 3.63) is 0 Å². The summed E-state index contributed by atoms with van der Waals surface area (Å²) >= 11 is 0. The highest BCUT2D eigenvalue weighted by atomic mass is 16.6. The summed E-state index contributed by atoms with van der Waals surface area (Å²) in [4.78, 5) is 27.9. The fourth-order valence-electron chi connectivity index (χ4n) is 3.17. The lowest BCUT2D eigenvalue weighted by atomic mass is 9.87. The number of carbonyl (C=O) groups is 2. The molecule has 2 amide bonds. The van der Waals surface area contributed by atoms with Crippen molar-refractivity contribution < 1.29 is 14.3 Å². The Bertz CT molecular complexity index is 364. The molecule has 2 atom stereocenters. The molecule has 0 aromatic carbocycles. The monoisotopic (exact) mass is 282 g/mol. The van der Waals surface area contributed by atoms with E-state index in [-0.39, 0.29) is 17.9 Å². The number of hydrogen-bond donors (Lipinski definition) is 0. The second-order valence-electron chi connectivity index (χ2n) is 6.23. The predicted octanol–water partition coefficient (Wildman–Crippen LogP) is 2.11. The molecule has 0 aliphatic carbocycles. The molecule has 0 N–H and O–H groups in total. The molecule has 2 heterocycles. The molecule has 0 saturated carbocycles.